The van der Waals surface area contributed by atoms with E-state index in [2.05, 4.69) is 10.2 Å². The average molecular weight is 565 g/mol. The number of benzene rings is 4. The predicted octanol–water partition coefficient (Wildman–Crippen LogP) is 5.70. The van der Waals surface area contributed by atoms with Gasteiger partial charge in [0.2, 0.25) is 0 Å². The highest BCUT2D eigenvalue weighted by atomic mass is 19.1. The second kappa shape index (κ2) is 13.1. The van der Waals surface area contributed by atoms with Crippen LogP contribution < -0.4 is 10.2 Å². The van der Waals surface area contributed by atoms with Crippen molar-refractivity contribution in [2.24, 2.45) is 0 Å². The van der Waals surface area contributed by atoms with Crippen LogP contribution in [0.25, 0.3) is 0 Å². The Morgan fingerprint density at radius 3 is 2.24 bits per heavy atom. The van der Waals surface area contributed by atoms with Crippen molar-refractivity contribution in [3.05, 3.63) is 131 Å². The molecule has 1 aliphatic rings. The number of nitrogens with one attached hydrogen (secondary N) is 1. The third kappa shape index (κ3) is 6.83. The molecule has 0 spiro atoms. The van der Waals surface area contributed by atoms with Crippen LogP contribution in [0.1, 0.15) is 43.1 Å². The van der Waals surface area contributed by atoms with Crippen LogP contribution in [0.15, 0.2) is 103 Å². The summed E-state index contributed by atoms with van der Waals surface area (Å²) in [5, 5.41) is 2.92. The number of amides is 3. The summed E-state index contributed by atoms with van der Waals surface area (Å²) in [6.07, 6.45) is 0.682. The summed E-state index contributed by atoms with van der Waals surface area (Å²) >= 11 is 0. The molecule has 0 atom stereocenters. The first-order valence-corrected chi connectivity index (χ1v) is 14.0. The molecule has 42 heavy (non-hydrogen) atoms. The van der Waals surface area contributed by atoms with E-state index in [9.17, 15) is 18.8 Å². The number of hydrogen-bond donors (Lipinski definition) is 1. The van der Waals surface area contributed by atoms with E-state index in [1.54, 1.807) is 59.3 Å². The molecule has 1 heterocycles. The van der Waals surface area contributed by atoms with Crippen molar-refractivity contribution in [2.75, 3.05) is 43.4 Å². The van der Waals surface area contributed by atoms with Crippen LogP contribution >= 0.6 is 0 Å². The molecule has 0 aromatic heterocycles. The van der Waals surface area contributed by atoms with Crippen LogP contribution in [0.4, 0.5) is 15.8 Å². The first kappa shape index (κ1) is 28.5. The summed E-state index contributed by atoms with van der Waals surface area (Å²) in [4.78, 5) is 45.3. The van der Waals surface area contributed by atoms with E-state index in [0.29, 0.717) is 61.5 Å². The molecule has 0 aliphatic carbocycles. The summed E-state index contributed by atoms with van der Waals surface area (Å²) in [6.45, 7) is 2.50. The fraction of sp³-hybridized carbons (Fsp3) is 0.206. The summed E-state index contributed by atoms with van der Waals surface area (Å²) in [5.74, 6) is -1.10. The number of anilines is 2. The van der Waals surface area contributed by atoms with Crippen molar-refractivity contribution in [1.82, 2.24) is 9.80 Å². The topological polar surface area (TPSA) is 73.0 Å². The van der Waals surface area contributed by atoms with Gasteiger partial charge in [-0.3, -0.25) is 14.4 Å². The molecule has 0 saturated carbocycles. The van der Waals surface area contributed by atoms with Crippen molar-refractivity contribution in [1.29, 1.82) is 0 Å². The zero-order valence-electron chi connectivity index (χ0n) is 23.5. The van der Waals surface area contributed by atoms with Gasteiger partial charge in [-0.1, -0.05) is 54.6 Å². The van der Waals surface area contributed by atoms with Crippen LogP contribution in [-0.4, -0.2) is 60.7 Å². The lowest BCUT2D eigenvalue weighted by Gasteiger charge is -2.28. The van der Waals surface area contributed by atoms with E-state index in [0.717, 1.165) is 11.3 Å². The zero-order valence-corrected chi connectivity index (χ0v) is 23.5. The molecule has 4 aromatic carbocycles. The molecule has 1 saturated heterocycles. The maximum atomic E-state index is 13.9. The highest BCUT2D eigenvalue weighted by molar-refractivity contribution is 6.06. The smallest absolute Gasteiger partial charge is 0.256 e. The lowest BCUT2D eigenvalue weighted by molar-refractivity contribution is 0.0763. The third-order valence-electron chi connectivity index (χ3n) is 7.33. The first-order chi connectivity index (χ1) is 20.4. The van der Waals surface area contributed by atoms with Gasteiger partial charge >= 0.3 is 0 Å². The quantitative estimate of drug-likeness (QED) is 0.313. The molecule has 4 aromatic rings. The number of carbonyl (C=O) groups excluding carboxylic acids is 3. The number of carbonyl (C=O) groups is 3. The molecule has 0 radical (unpaired) electrons. The Morgan fingerprint density at radius 1 is 0.786 bits per heavy atom. The van der Waals surface area contributed by atoms with Gasteiger partial charge < -0.3 is 20.0 Å². The maximum absolute atomic E-state index is 13.9. The summed E-state index contributed by atoms with van der Waals surface area (Å²) in [7, 11) is 1.76. The second-order valence-corrected chi connectivity index (χ2v) is 10.3. The second-order valence-electron chi connectivity index (χ2n) is 10.3. The van der Waals surface area contributed by atoms with Crippen molar-refractivity contribution in [3.63, 3.8) is 0 Å². The van der Waals surface area contributed by atoms with Crippen LogP contribution in [-0.2, 0) is 6.54 Å². The number of hydrogen-bond acceptors (Lipinski definition) is 4. The van der Waals surface area contributed by atoms with Gasteiger partial charge in [-0.05, 0) is 60.5 Å². The Hall–Kier alpha value is -4.98. The minimum absolute atomic E-state index is 0.179. The molecule has 3 amide bonds. The van der Waals surface area contributed by atoms with Gasteiger partial charge in [0.05, 0.1) is 5.56 Å². The Balaban J connectivity index is 1.39. The van der Waals surface area contributed by atoms with Gasteiger partial charge in [0, 0.05) is 62.3 Å². The van der Waals surface area contributed by atoms with Crippen LogP contribution in [0.2, 0.25) is 0 Å². The minimum Gasteiger partial charge on any atom is -0.369 e. The molecule has 214 valence electrons. The Kier molecular flexibility index (Phi) is 8.92. The summed E-state index contributed by atoms with van der Waals surface area (Å²) in [6, 6.07) is 29.8. The van der Waals surface area contributed by atoms with Crippen LogP contribution in [0.3, 0.4) is 0 Å². The van der Waals surface area contributed by atoms with Gasteiger partial charge in [-0.2, -0.15) is 0 Å². The molecule has 7 nitrogen and oxygen atoms in total. The first-order valence-electron chi connectivity index (χ1n) is 14.0. The van der Waals surface area contributed by atoms with Gasteiger partial charge in [-0.25, -0.2) is 4.39 Å². The third-order valence-corrected chi connectivity index (χ3v) is 7.33. The molecule has 1 fully saturated rings. The number of nitrogens with zero attached hydrogens (tertiary/aromatic N) is 3. The normalized spacial score (nSPS) is 13.3. The molecular formula is C34H33FN4O3. The standard InChI is InChI=1S/C34H33FN4O3/c1-37(24-25-10-4-2-5-11-25)34(42)30-23-29(36-32(40)26-12-6-3-7-13-26)16-17-31(30)38-18-9-19-39(21-20-38)33(41)27-14-8-15-28(35)22-27/h2-8,10-17,22-23H,9,18-21,24H2,1H3,(H,36,40). The monoisotopic (exact) mass is 564 g/mol. The molecule has 0 unspecified atom stereocenters. The van der Waals surface area contributed by atoms with Crippen LogP contribution in [0, 0.1) is 5.82 Å². The number of halogens is 1. The van der Waals surface area contributed by atoms with Crippen molar-refractivity contribution >= 4 is 29.1 Å². The van der Waals surface area contributed by atoms with Crippen LogP contribution in [0.5, 0.6) is 0 Å². The van der Waals surface area contributed by atoms with E-state index in [4.69, 9.17) is 0 Å². The van der Waals surface area contributed by atoms with E-state index in [1.807, 2.05) is 42.5 Å². The number of rotatable bonds is 7. The maximum Gasteiger partial charge on any atom is 0.256 e. The van der Waals surface area contributed by atoms with E-state index < -0.39 is 5.82 Å². The van der Waals surface area contributed by atoms with Gasteiger partial charge in [-0.15, -0.1) is 0 Å². The van der Waals surface area contributed by atoms with Gasteiger partial charge in [0.25, 0.3) is 17.7 Å². The highest BCUT2D eigenvalue weighted by Crippen LogP contribution is 2.28. The summed E-state index contributed by atoms with van der Waals surface area (Å²) < 4.78 is 13.7. The van der Waals surface area contributed by atoms with E-state index >= 15 is 0 Å². The van der Waals surface area contributed by atoms with Crippen molar-refractivity contribution in [3.8, 4) is 0 Å². The van der Waals surface area contributed by atoms with Gasteiger partial charge in [0.15, 0.2) is 0 Å². The highest BCUT2D eigenvalue weighted by Gasteiger charge is 2.25. The Labute approximate surface area is 245 Å². The molecule has 5 rings (SSSR count). The minimum atomic E-state index is -0.445. The molecule has 8 heteroatoms. The molecular weight excluding hydrogens is 531 g/mol. The lowest BCUT2D eigenvalue weighted by atomic mass is 10.1. The molecule has 1 aliphatic heterocycles. The largest absolute Gasteiger partial charge is 0.369 e. The zero-order chi connectivity index (χ0) is 29.5. The molecule has 1 N–H and O–H groups in total. The predicted molar refractivity (Wildman–Crippen MR) is 162 cm³/mol. The fourth-order valence-electron chi connectivity index (χ4n) is 5.15. The SMILES string of the molecule is CN(Cc1ccccc1)C(=O)c1cc(NC(=O)c2ccccc2)ccc1N1CCCN(C(=O)c2cccc(F)c2)CC1. The average Bonchev–Trinajstić information content (AvgIpc) is 3.27. The summed E-state index contributed by atoms with van der Waals surface area (Å²) in [5.41, 5.74) is 3.56. The van der Waals surface area contributed by atoms with Crippen molar-refractivity contribution in [2.45, 2.75) is 13.0 Å². The lowest BCUT2D eigenvalue weighted by Crippen LogP contribution is -2.36. The Bertz CT molecular complexity index is 1560. The van der Waals surface area contributed by atoms with E-state index in [-0.39, 0.29) is 17.7 Å². The van der Waals surface area contributed by atoms with E-state index in [1.165, 1.54) is 18.2 Å². The Morgan fingerprint density at radius 2 is 1.50 bits per heavy atom. The molecule has 0 bridgehead atoms. The van der Waals surface area contributed by atoms with Crippen molar-refractivity contribution < 1.29 is 18.8 Å². The van der Waals surface area contributed by atoms with Gasteiger partial charge in [0.1, 0.15) is 5.82 Å². The fourth-order valence-corrected chi connectivity index (χ4v) is 5.15.